The van der Waals surface area contributed by atoms with E-state index in [1.807, 2.05) is 53.9 Å². The van der Waals surface area contributed by atoms with Gasteiger partial charge in [0.15, 0.2) is 11.2 Å². The summed E-state index contributed by atoms with van der Waals surface area (Å²) >= 11 is 1.38. The number of fused-ring (bicyclic) bond motifs is 1. The van der Waals surface area contributed by atoms with E-state index in [0.29, 0.717) is 29.4 Å². The van der Waals surface area contributed by atoms with Gasteiger partial charge in [-0.2, -0.15) is 0 Å². The second-order valence-corrected chi connectivity index (χ2v) is 7.77. The first-order valence-electron chi connectivity index (χ1n) is 9.39. The molecular weight excluding hydrogens is 386 g/mol. The van der Waals surface area contributed by atoms with Crippen LogP contribution >= 0.6 is 11.3 Å². The number of carbonyl (C=O) groups is 2. The fourth-order valence-corrected chi connectivity index (χ4v) is 3.95. The fourth-order valence-electron chi connectivity index (χ4n) is 3.22. The number of hydrogen-bond donors (Lipinski definition) is 1. The van der Waals surface area contributed by atoms with Gasteiger partial charge in [0.25, 0.3) is 5.91 Å². The van der Waals surface area contributed by atoms with Gasteiger partial charge >= 0.3 is 0 Å². The highest BCUT2D eigenvalue weighted by molar-refractivity contribution is 7.14. The van der Waals surface area contributed by atoms with Gasteiger partial charge in [0.05, 0.1) is 11.4 Å². The SMILES string of the molecule is CC1Oc2ccc(-c3csc(NC(=O)CCc4ccccc4)n3)cc2N(C)C1=O. The molecule has 0 spiro atoms. The van der Waals surface area contributed by atoms with Crippen LogP contribution in [0.15, 0.2) is 53.9 Å². The van der Waals surface area contributed by atoms with Crippen LogP contribution in [0.5, 0.6) is 5.75 Å². The van der Waals surface area contributed by atoms with Crippen molar-refractivity contribution in [2.75, 3.05) is 17.3 Å². The predicted molar refractivity (Wildman–Crippen MR) is 114 cm³/mol. The van der Waals surface area contributed by atoms with Gasteiger partial charge in [0, 0.05) is 24.4 Å². The molecule has 3 aromatic rings. The maximum atomic E-state index is 12.2. The van der Waals surface area contributed by atoms with Gasteiger partial charge in [-0.15, -0.1) is 11.3 Å². The first kappa shape index (κ1) is 19.1. The number of likely N-dealkylation sites (N-methyl/N-ethyl adjacent to an activating group) is 1. The molecule has 0 bridgehead atoms. The van der Waals surface area contributed by atoms with E-state index in [-0.39, 0.29) is 11.8 Å². The Bertz CT molecular complexity index is 1050. The molecule has 1 atom stereocenters. The van der Waals surface area contributed by atoms with Crippen LogP contribution in [0.25, 0.3) is 11.3 Å². The number of anilines is 2. The third-order valence-corrected chi connectivity index (χ3v) is 5.59. The monoisotopic (exact) mass is 407 g/mol. The molecule has 7 heteroatoms. The second-order valence-electron chi connectivity index (χ2n) is 6.91. The zero-order chi connectivity index (χ0) is 20.4. The Labute approximate surface area is 173 Å². The van der Waals surface area contributed by atoms with Crippen molar-refractivity contribution in [1.29, 1.82) is 0 Å². The van der Waals surface area contributed by atoms with E-state index in [4.69, 9.17) is 4.74 Å². The van der Waals surface area contributed by atoms with Gasteiger partial charge < -0.3 is 15.0 Å². The van der Waals surface area contributed by atoms with Crippen LogP contribution in [0, 0.1) is 0 Å². The summed E-state index contributed by atoms with van der Waals surface area (Å²) in [6.45, 7) is 1.74. The van der Waals surface area contributed by atoms with Crippen LogP contribution in [-0.4, -0.2) is 29.9 Å². The van der Waals surface area contributed by atoms with E-state index in [1.54, 1.807) is 18.9 Å². The summed E-state index contributed by atoms with van der Waals surface area (Å²) in [5.41, 5.74) is 3.46. The lowest BCUT2D eigenvalue weighted by molar-refractivity contribution is -0.125. The Morgan fingerprint density at radius 2 is 2.03 bits per heavy atom. The maximum absolute atomic E-state index is 12.2. The molecule has 2 aromatic carbocycles. The summed E-state index contributed by atoms with van der Waals surface area (Å²) in [4.78, 5) is 30.5. The largest absolute Gasteiger partial charge is 0.479 e. The van der Waals surface area contributed by atoms with Crippen molar-refractivity contribution >= 4 is 34.0 Å². The standard InChI is InChI=1S/C22H21N3O3S/c1-14-21(27)25(2)18-12-16(9-10-19(18)28-14)17-13-29-22(23-17)24-20(26)11-8-15-6-4-3-5-7-15/h3-7,9-10,12-14H,8,11H2,1-2H3,(H,23,24,26). The molecule has 0 radical (unpaired) electrons. The molecule has 2 heterocycles. The number of benzene rings is 2. The number of aryl methyl sites for hydroxylation is 1. The average molecular weight is 407 g/mol. The topological polar surface area (TPSA) is 71.5 Å². The smallest absolute Gasteiger partial charge is 0.267 e. The molecule has 29 heavy (non-hydrogen) atoms. The average Bonchev–Trinajstić information content (AvgIpc) is 3.19. The molecule has 0 saturated carbocycles. The molecule has 1 aliphatic rings. The maximum Gasteiger partial charge on any atom is 0.267 e. The number of nitrogens with one attached hydrogen (secondary N) is 1. The molecule has 0 aliphatic carbocycles. The van der Waals surface area contributed by atoms with Gasteiger partial charge in [-0.3, -0.25) is 9.59 Å². The number of amides is 2. The van der Waals surface area contributed by atoms with Crippen LogP contribution in [-0.2, 0) is 16.0 Å². The Morgan fingerprint density at radius 1 is 1.24 bits per heavy atom. The molecular formula is C22H21N3O3S. The summed E-state index contributed by atoms with van der Waals surface area (Å²) in [5.74, 6) is 0.528. The molecule has 1 unspecified atom stereocenters. The van der Waals surface area contributed by atoms with Crippen molar-refractivity contribution in [2.45, 2.75) is 25.9 Å². The van der Waals surface area contributed by atoms with Gasteiger partial charge in [-0.05, 0) is 37.1 Å². The number of aromatic nitrogens is 1. The summed E-state index contributed by atoms with van der Waals surface area (Å²) in [5, 5.41) is 5.32. The van der Waals surface area contributed by atoms with Gasteiger partial charge in [-0.25, -0.2) is 4.98 Å². The number of carbonyl (C=O) groups excluding carboxylic acids is 2. The van der Waals surface area contributed by atoms with Crippen LogP contribution in [0.1, 0.15) is 18.9 Å². The third kappa shape index (κ3) is 4.14. The number of nitrogens with zero attached hydrogens (tertiary/aromatic N) is 2. The van der Waals surface area contributed by atoms with E-state index in [1.165, 1.54) is 11.3 Å². The summed E-state index contributed by atoms with van der Waals surface area (Å²) in [6.07, 6.45) is 0.602. The van der Waals surface area contributed by atoms with Crippen molar-refractivity contribution in [3.05, 3.63) is 59.5 Å². The normalized spacial score (nSPS) is 15.6. The summed E-state index contributed by atoms with van der Waals surface area (Å²) < 4.78 is 5.66. The summed E-state index contributed by atoms with van der Waals surface area (Å²) in [7, 11) is 1.74. The lowest BCUT2D eigenvalue weighted by Gasteiger charge is -2.30. The van der Waals surface area contributed by atoms with Gasteiger partial charge in [-0.1, -0.05) is 30.3 Å². The minimum absolute atomic E-state index is 0.0621. The van der Waals surface area contributed by atoms with E-state index in [2.05, 4.69) is 10.3 Å². The van der Waals surface area contributed by atoms with Crippen molar-refractivity contribution in [3.8, 4) is 17.0 Å². The summed E-state index contributed by atoms with van der Waals surface area (Å²) in [6, 6.07) is 15.6. The van der Waals surface area contributed by atoms with Crippen LogP contribution in [0.3, 0.4) is 0 Å². The van der Waals surface area contributed by atoms with E-state index in [0.717, 1.165) is 16.8 Å². The Hall–Kier alpha value is -3.19. The molecule has 1 aliphatic heterocycles. The van der Waals surface area contributed by atoms with Crippen LogP contribution in [0.2, 0.25) is 0 Å². The van der Waals surface area contributed by atoms with Gasteiger partial charge in [0.1, 0.15) is 5.75 Å². The fraction of sp³-hybridized carbons (Fsp3) is 0.227. The Morgan fingerprint density at radius 3 is 2.83 bits per heavy atom. The zero-order valence-electron chi connectivity index (χ0n) is 16.2. The number of ether oxygens (including phenoxy) is 1. The molecule has 6 nitrogen and oxygen atoms in total. The van der Waals surface area contributed by atoms with Gasteiger partial charge in [0.2, 0.25) is 5.91 Å². The van der Waals surface area contributed by atoms with E-state index >= 15 is 0 Å². The minimum Gasteiger partial charge on any atom is -0.479 e. The highest BCUT2D eigenvalue weighted by atomic mass is 32.1. The molecule has 0 fully saturated rings. The van der Waals surface area contributed by atoms with E-state index in [9.17, 15) is 9.59 Å². The minimum atomic E-state index is -0.490. The quantitative estimate of drug-likeness (QED) is 0.690. The Balaban J connectivity index is 1.44. The van der Waals surface area contributed by atoms with Crippen LogP contribution < -0.4 is 15.0 Å². The molecule has 2 amide bonds. The molecule has 4 rings (SSSR count). The van der Waals surface area contributed by atoms with Crippen LogP contribution in [0.4, 0.5) is 10.8 Å². The lowest BCUT2D eigenvalue weighted by Crippen LogP contribution is -2.41. The molecule has 1 N–H and O–H groups in total. The second kappa shape index (κ2) is 8.05. The third-order valence-electron chi connectivity index (χ3n) is 4.83. The van der Waals surface area contributed by atoms with Crippen molar-refractivity contribution in [2.24, 2.45) is 0 Å². The highest BCUT2D eigenvalue weighted by Gasteiger charge is 2.29. The Kier molecular flexibility index (Phi) is 5.31. The zero-order valence-corrected chi connectivity index (χ0v) is 17.0. The molecule has 1 aromatic heterocycles. The number of thiazole rings is 1. The van der Waals surface area contributed by atoms with E-state index < -0.39 is 6.10 Å². The van der Waals surface area contributed by atoms with Crippen molar-refractivity contribution in [3.63, 3.8) is 0 Å². The lowest BCUT2D eigenvalue weighted by atomic mass is 10.1. The first-order valence-corrected chi connectivity index (χ1v) is 10.3. The van der Waals surface area contributed by atoms with Crippen molar-refractivity contribution in [1.82, 2.24) is 4.98 Å². The predicted octanol–water partition coefficient (Wildman–Crippen LogP) is 4.13. The number of hydrogen-bond acceptors (Lipinski definition) is 5. The number of rotatable bonds is 5. The molecule has 0 saturated heterocycles. The van der Waals surface area contributed by atoms with Crippen molar-refractivity contribution < 1.29 is 14.3 Å². The molecule has 148 valence electrons. The highest BCUT2D eigenvalue weighted by Crippen LogP contribution is 2.37. The first-order chi connectivity index (χ1) is 14.0.